The zero-order valence-electron chi connectivity index (χ0n) is 5.09. The second kappa shape index (κ2) is 4.49. The predicted octanol–water partition coefficient (Wildman–Crippen LogP) is -0.965. The molecule has 0 aromatic carbocycles. The third kappa shape index (κ3) is 4.76. The number of carbonyl (C=O) groups is 2. The number of aliphatic carboxylic acids is 1. The Labute approximate surface area is 57.0 Å². The lowest BCUT2D eigenvalue weighted by molar-refractivity contribution is -0.138. The van der Waals surface area contributed by atoms with E-state index in [0.29, 0.717) is 0 Å². The largest absolute Gasteiger partial charge is 0.481 e. The van der Waals surface area contributed by atoms with Crippen molar-refractivity contribution in [2.45, 2.75) is 12.8 Å². The fourth-order valence-electron chi connectivity index (χ4n) is 0.340. The van der Waals surface area contributed by atoms with Gasteiger partial charge in [0.05, 0.1) is 6.42 Å². The van der Waals surface area contributed by atoms with Crippen LogP contribution in [0, 0.1) is 0 Å². The van der Waals surface area contributed by atoms with Crippen LogP contribution in [0.3, 0.4) is 0 Å². The van der Waals surface area contributed by atoms with E-state index in [1.54, 1.807) is 5.32 Å². The van der Waals surface area contributed by atoms with Crippen LogP contribution in [-0.4, -0.2) is 23.4 Å². The Morgan fingerprint density at radius 2 is 2.00 bits per heavy atom. The highest BCUT2D eigenvalue weighted by atomic mass is 16.4. The molecule has 0 rings (SSSR count). The second-order valence-electron chi connectivity index (χ2n) is 1.54. The van der Waals surface area contributed by atoms with Gasteiger partial charge in [0, 0.05) is 6.42 Å². The van der Waals surface area contributed by atoms with Crippen LogP contribution >= 0.6 is 0 Å². The first-order valence-electron chi connectivity index (χ1n) is 2.54. The van der Waals surface area contributed by atoms with Crippen LogP contribution in [0.5, 0.6) is 0 Å². The van der Waals surface area contributed by atoms with Crippen LogP contribution in [0.4, 0.5) is 0 Å². The smallest absolute Gasteiger partial charge is 0.316 e. The van der Waals surface area contributed by atoms with Crippen LogP contribution in [0.25, 0.3) is 0 Å². The molecular weight excluding hydrogens is 138 g/mol. The summed E-state index contributed by atoms with van der Waals surface area (Å²) < 4.78 is 0. The lowest BCUT2D eigenvalue weighted by atomic mass is 10.3. The standard InChI is InChI=1S/C5H6NO4/c7-3-6-4(8)1-2-5(9)10/h1-2H2,(H,9,10)(H,6,7,8). The Balaban J connectivity index is 3.39. The maximum absolute atomic E-state index is 10.3. The van der Waals surface area contributed by atoms with Crippen molar-refractivity contribution in [3.8, 4) is 0 Å². The highest BCUT2D eigenvalue weighted by molar-refractivity contribution is 5.87. The van der Waals surface area contributed by atoms with Gasteiger partial charge >= 0.3 is 12.4 Å². The normalized spacial score (nSPS) is 8.40. The van der Waals surface area contributed by atoms with Crippen molar-refractivity contribution in [3.05, 3.63) is 0 Å². The summed E-state index contributed by atoms with van der Waals surface area (Å²) in [4.78, 5) is 29.6. The third-order valence-corrected chi connectivity index (χ3v) is 0.756. The summed E-state index contributed by atoms with van der Waals surface area (Å²) in [5, 5.41) is 9.75. The summed E-state index contributed by atoms with van der Waals surface area (Å²) in [6.07, 6.45) is 0.688. The summed E-state index contributed by atoms with van der Waals surface area (Å²) in [6.45, 7) is 0. The molecule has 0 saturated carbocycles. The molecule has 0 fully saturated rings. The monoisotopic (exact) mass is 144 g/mol. The summed E-state index contributed by atoms with van der Waals surface area (Å²) in [5.41, 5.74) is 0. The van der Waals surface area contributed by atoms with Crippen molar-refractivity contribution in [1.82, 2.24) is 5.32 Å². The van der Waals surface area contributed by atoms with Crippen LogP contribution in [0.15, 0.2) is 0 Å². The van der Waals surface area contributed by atoms with Gasteiger partial charge in [-0.3, -0.25) is 19.7 Å². The molecule has 0 aliphatic carbocycles. The summed E-state index contributed by atoms with van der Waals surface area (Å²) in [7, 11) is 0. The maximum atomic E-state index is 10.3. The van der Waals surface area contributed by atoms with Gasteiger partial charge < -0.3 is 5.11 Å². The van der Waals surface area contributed by atoms with Gasteiger partial charge in [-0.1, -0.05) is 0 Å². The van der Waals surface area contributed by atoms with Crippen LogP contribution in [0.2, 0.25) is 0 Å². The molecule has 10 heavy (non-hydrogen) atoms. The van der Waals surface area contributed by atoms with Gasteiger partial charge in [0.15, 0.2) is 0 Å². The number of carboxylic acids is 1. The molecule has 55 valence electrons. The van der Waals surface area contributed by atoms with Crippen molar-refractivity contribution in [3.63, 3.8) is 0 Å². The number of nitrogens with one attached hydrogen (secondary N) is 1. The molecule has 5 nitrogen and oxygen atoms in total. The van der Waals surface area contributed by atoms with Crippen LogP contribution in [0.1, 0.15) is 12.8 Å². The number of hydrogen-bond acceptors (Lipinski definition) is 3. The summed E-state index contributed by atoms with van der Waals surface area (Å²) >= 11 is 0. The molecule has 0 bridgehead atoms. The van der Waals surface area contributed by atoms with E-state index in [2.05, 4.69) is 0 Å². The SMILES string of the molecule is O=[C]NC(=O)CCC(=O)O. The topological polar surface area (TPSA) is 83.5 Å². The van der Waals surface area contributed by atoms with E-state index in [-0.39, 0.29) is 12.8 Å². The quantitative estimate of drug-likeness (QED) is 0.497. The van der Waals surface area contributed by atoms with E-state index in [1.165, 1.54) is 0 Å². The minimum atomic E-state index is -1.07. The van der Waals surface area contributed by atoms with E-state index in [0.717, 1.165) is 6.41 Å². The van der Waals surface area contributed by atoms with Crippen molar-refractivity contribution in [2.24, 2.45) is 0 Å². The molecule has 0 aromatic heterocycles. The Morgan fingerprint density at radius 1 is 1.40 bits per heavy atom. The molecule has 0 aliphatic rings. The average Bonchev–Trinajstić information content (AvgIpc) is 1.85. The molecular formula is C5H6NO4. The molecule has 0 saturated heterocycles. The first-order valence-corrected chi connectivity index (χ1v) is 2.54. The Morgan fingerprint density at radius 3 is 2.40 bits per heavy atom. The highest BCUT2D eigenvalue weighted by Crippen LogP contribution is 1.86. The molecule has 2 amide bonds. The number of hydrogen-bond donors (Lipinski definition) is 2. The van der Waals surface area contributed by atoms with Gasteiger partial charge in [0.1, 0.15) is 0 Å². The minimum absolute atomic E-state index is 0.190. The molecule has 1 radical (unpaired) electrons. The minimum Gasteiger partial charge on any atom is -0.481 e. The van der Waals surface area contributed by atoms with Gasteiger partial charge in [0.2, 0.25) is 5.91 Å². The van der Waals surface area contributed by atoms with Crippen molar-refractivity contribution >= 4 is 18.3 Å². The highest BCUT2D eigenvalue weighted by Gasteiger charge is 2.03. The number of carbonyl (C=O) groups excluding carboxylic acids is 2. The van der Waals surface area contributed by atoms with E-state index in [1.807, 2.05) is 0 Å². The summed E-state index contributed by atoms with van der Waals surface area (Å²) in [5.74, 6) is -1.70. The molecule has 0 spiro atoms. The fraction of sp³-hybridized carbons (Fsp3) is 0.400. The molecule has 0 aliphatic heterocycles. The zero-order valence-corrected chi connectivity index (χ0v) is 5.09. The van der Waals surface area contributed by atoms with Gasteiger partial charge in [-0.15, -0.1) is 0 Å². The maximum Gasteiger partial charge on any atom is 0.316 e. The van der Waals surface area contributed by atoms with Crippen molar-refractivity contribution in [2.75, 3.05) is 0 Å². The van der Waals surface area contributed by atoms with E-state index < -0.39 is 11.9 Å². The third-order valence-electron chi connectivity index (χ3n) is 0.756. The number of carboxylic acid groups (broad SMARTS) is 1. The van der Waals surface area contributed by atoms with Gasteiger partial charge in [-0.25, -0.2) is 0 Å². The lowest BCUT2D eigenvalue weighted by Crippen LogP contribution is -2.21. The van der Waals surface area contributed by atoms with Crippen molar-refractivity contribution in [1.29, 1.82) is 0 Å². The molecule has 0 aromatic rings. The summed E-state index contributed by atoms with van der Waals surface area (Å²) in [6, 6.07) is 0. The number of amides is 2. The van der Waals surface area contributed by atoms with E-state index in [9.17, 15) is 14.4 Å². The predicted molar refractivity (Wildman–Crippen MR) is 30.7 cm³/mol. The average molecular weight is 144 g/mol. The van der Waals surface area contributed by atoms with E-state index in [4.69, 9.17) is 5.11 Å². The number of imide groups is 1. The van der Waals surface area contributed by atoms with Crippen LogP contribution in [-0.2, 0) is 14.4 Å². The number of rotatable bonds is 4. The van der Waals surface area contributed by atoms with E-state index >= 15 is 0 Å². The molecule has 5 heteroatoms. The molecule has 2 N–H and O–H groups in total. The molecule has 0 heterocycles. The first-order chi connectivity index (χ1) is 4.66. The van der Waals surface area contributed by atoms with Gasteiger partial charge in [0.25, 0.3) is 0 Å². The first kappa shape index (κ1) is 8.61. The Kier molecular flexibility index (Phi) is 3.86. The lowest BCUT2D eigenvalue weighted by Gasteiger charge is -1.91. The second-order valence-corrected chi connectivity index (χ2v) is 1.54. The van der Waals surface area contributed by atoms with Gasteiger partial charge in [-0.2, -0.15) is 0 Å². The van der Waals surface area contributed by atoms with Crippen LogP contribution < -0.4 is 5.32 Å². The Bertz CT molecular complexity index is 154. The molecule has 0 atom stereocenters. The zero-order chi connectivity index (χ0) is 7.98. The van der Waals surface area contributed by atoms with Crippen molar-refractivity contribution < 1.29 is 19.5 Å². The fourth-order valence-corrected chi connectivity index (χ4v) is 0.340. The Hall–Kier alpha value is -1.39. The van der Waals surface area contributed by atoms with Gasteiger partial charge in [-0.05, 0) is 0 Å². The molecule has 0 unspecified atom stereocenters.